The molecule has 126 valence electrons. The van der Waals surface area contributed by atoms with Gasteiger partial charge in [-0.05, 0) is 42.5 Å². The molecule has 0 saturated heterocycles. The lowest BCUT2D eigenvalue weighted by Crippen LogP contribution is -2.04. The van der Waals surface area contributed by atoms with Crippen LogP contribution in [0.25, 0.3) is 16.6 Å². The Morgan fingerprint density at radius 2 is 1.58 bits per heavy atom. The van der Waals surface area contributed by atoms with Crippen LogP contribution in [0.1, 0.15) is 11.1 Å². The number of hydrogen-bond donors (Lipinski definition) is 3. The first-order valence-corrected chi connectivity index (χ1v) is 7.99. The zero-order valence-electron chi connectivity index (χ0n) is 13.8. The van der Waals surface area contributed by atoms with E-state index in [2.05, 4.69) is 21.9 Å². The molecule has 26 heavy (non-hydrogen) atoms. The van der Waals surface area contributed by atoms with E-state index in [0.717, 1.165) is 22.2 Å². The summed E-state index contributed by atoms with van der Waals surface area (Å²) in [7, 11) is 0. The van der Waals surface area contributed by atoms with Crippen LogP contribution in [0.2, 0.25) is 0 Å². The van der Waals surface area contributed by atoms with E-state index in [1.165, 1.54) is 0 Å². The number of nitrogen functional groups attached to an aromatic ring is 3. The second kappa shape index (κ2) is 6.15. The van der Waals surface area contributed by atoms with Crippen LogP contribution in [-0.2, 0) is 0 Å². The third kappa shape index (κ3) is 2.68. The highest BCUT2D eigenvalue weighted by Gasteiger charge is 2.13. The second-order valence-electron chi connectivity index (χ2n) is 5.78. The van der Waals surface area contributed by atoms with Gasteiger partial charge in [-0.3, -0.25) is 0 Å². The van der Waals surface area contributed by atoms with Gasteiger partial charge in [0.05, 0.1) is 16.8 Å². The molecule has 0 fully saturated rings. The van der Waals surface area contributed by atoms with Crippen molar-refractivity contribution in [1.29, 1.82) is 0 Å². The zero-order valence-corrected chi connectivity index (χ0v) is 13.8. The van der Waals surface area contributed by atoms with Crippen molar-refractivity contribution in [2.45, 2.75) is 0 Å². The first-order chi connectivity index (χ1) is 12.6. The minimum atomic E-state index is 0.337. The molecule has 0 saturated carbocycles. The summed E-state index contributed by atoms with van der Waals surface area (Å²) in [6, 6.07) is 16.9. The van der Waals surface area contributed by atoms with Crippen LogP contribution >= 0.6 is 0 Å². The summed E-state index contributed by atoms with van der Waals surface area (Å²) in [6.45, 7) is 0. The van der Waals surface area contributed by atoms with Gasteiger partial charge < -0.3 is 17.2 Å². The van der Waals surface area contributed by atoms with E-state index in [0.29, 0.717) is 22.9 Å². The number of nitrogens with zero attached hydrogens (tertiary/aromatic N) is 3. The Kier molecular flexibility index (Phi) is 3.67. The summed E-state index contributed by atoms with van der Waals surface area (Å²) in [4.78, 5) is 4.16. The number of nitrogens with two attached hydrogens (primary N) is 3. The predicted molar refractivity (Wildman–Crippen MR) is 105 cm³/mol. The maximum atomic E-state index is 6.09. The molecule has 4 aromatic rings. The lowest BCUT2D eigenvalue weighted by atomic mass is 10.1. The first-order valence-electron chi connectivity index (χ1n) is 7.99. The van der Waals surface area contributed by atoms with E-state index >= 15 is 0 Å². The lowest BCUT2D eigenvalue weighted by Gasteiger charge is -2.08. The van der Waals surface area contributed by atoms with Gasteiger partial charge in [0.1, 0.15) is 5.82 Å². The number of fused-ring (bicyclic) bond motifs is 1. The largest absolute Gasteiger partial charge is 0.399 e. The number of para-hydroxylation sites is 1. The van der Waals surface area contributed by atoms with Crippen LogP contribution in [0.3, 0.4) is 0 Å². The standard InChI is InChI=1S/C20H16N6/c21-14-8-5-13(6-9-14)7-10-16-18(11-12-24-19(16)22)26-17-4-2-1-3-15(17)20(23)25-26/h1-6,8-9,11-12H,21H2,(H2,22,24)(H2,23,25). The van der Waals surface area contributed by atoms with E-state index in [4.69, 9.17) is 17.2 Å². The van der Waals surface area contributed by atoms with E-state index < -0.39 is 0 Å². The Hall–Kier alpha value is -3.98. The zero-order chi connectivity index (χ0) is 18.1. The Bertz CT molecular complexity index is 1160. The van der Waals surface area contributed by atoms with Crippen molar-refractivity contribution in [2.24, 2.45) is 0 Å². The molecule has 0 atom stereocenters. The number of pyridine rings is 1. The molecule has 2 heterocycles. The molecule has 0 spiro atoms. The second-order valence-corrected chi connectivity index (χ2v) is 5.78. The first kappa shape index (κ1) is 15.5. The average Bonchev–Trinajstić information content (AvgIpc) is 2.99. The number of aromatic nitrogens is 3. The summed E-state index contributed by atoms with van der Waals surface area (Å²) >= 11 is 0. The van der Waals surface area contributed by atoms with Crippen molar-refractivity contribution in [2.75, 3.05) is 17.2 Å². The summed E-state index contributed by atoms with van der Waals surface area (Å²) in [5.74, 6) is 6.99. The van der Waals surface area contributed by atoms with Gasteiger partial charge in [0.15, 0.2) is 5.82 Å². The van der Waals surface area contributed by atoms with Crippen molar-refractivity contribution >= 4 is 28.2 Å². The van der Waals surface area contributed by atoms with Crippen molar-refractivity contribution in [3.05, 3.63) is 71.9 Å². The summed E-state index contributed by atoms with van der Waals surface area (Å²) in [5.41, 5.74) is 21.6. The number of anilines is 3. The summed E-state index contributed by atoms with van der Waals surface area (Å²) in [6.07, 6.45) is 1.63. The molecular weight excluding hydrogens is 324 g/mol. The van der Waals surface area contributed by atoms with Gasteiger partial charge in [-0.15, -0.1) is 5.10 Å². The van der Waals surface area contributed by atoms with E-state index in [9.17, 15) is 0 Å². The van der Waals surface area contributed by atoms with Gasteiger partial charge >= 0.3 is 0 Å². The van der Waals surface area contributed by atoms with E-state index in [-0.39, 0.29) is 0 Å². The van der Waals surface area contributed by atoms with Crippen molar-refractivity contribution in [1.82, 2.24) is 14.8 Å². The van der Waals surface area contributed by atoms with Crippen LogP contribution in [0.15, 0.2) is 60.8 Å². The molecular formula is C20H16N6. The van der Waals surface area contributed by atoms with Gasteiger partial charge in [0.25, 0.3) is 0 Å². The molecule has 6 heteroatoms. The van der Waals surface area contributed by atoms with Gasteiger partial charge in [0.2, 0.25) is 0 Å². The number of hydrogen-bond acceptors (Lipinski definition) is 5. The molecule has 2 aromatic carbocycles. The molecule has 6 N–H and O–H groups in total. The van der Waals surface area contributed by atoms with E-state index in [1.807, 2.05) is 42.5 Å². The van der Waals surface area contributed by atoms with Crippen LogP contribution in [0, 0.1) is 11.8 Å². The summed E-state index contributed by atoms with van der Waals surface area (Å²) in [5, 5.41) is 5.33. The predicted octanol–water partition coefficient (Wildman–Crippen LogP) is 2.57. The lowest BCUT2D eigenvalue weighted by molar-refractivity contribution is 0.911. The van der Waals surface area contributed by atoms with Gasteiger partial charge in [-0.25, -0.2) is 9.67 Å². The average molecular weight is 340 g/mol. The maximum Gasteiger partial charge on any atom is 0.153 e. The smallest absolute Gasteiger partial charge is 0.153 e. The quantitative estimate of drug-likeness (QED) is 0.364. The molecule has 0 unspecified atom stereocenters. The van der Waals surface area contributed by atoms with Crippen LogP contribution in [0.5, 0.6) is 0 Å². The molecule has 6 nitrogen and oxygen atoms in total. The van der Waals surface area contributed by atoms with Crippen molar-refractivity contribution < 1.29 is 0 Å². The van der Waals surface area contributed by atoms with Crippen molar-refractivity contribution in [3.63, 3.8) is 0 Å². The van der Waals surface area contributed by atoms with Crippen LogP contribution in [0.4, 0.5) is 17.3 Å². The minimum Gasteiger partial charge on any atom is -0.399 e. The van der Waals surface area contributed by atoms with Gasteiger partial charge in [0, 0.05) is 22.8 Å². The van der Waals surface area contributed by atoms with Crippen LogP contribution in [-0.4, -0.2) is 14.8 Å². The number of rotatable bonds is 1. The molecule has 0 aliphatic heterocycles. The van der Waals surface area contributed by atoms with Crippen LogP contribution < -0.4 is 17.2 Å². The molecule has 0 radical (unpaired) electrons. The van der Waals surface area contributed by atoms with E-state index in [1.54, 1.807) is 23.0 Å². The SMILES string of the molecule is Nc1ccc(C#Cc2c(-n3nc(N)c4ccccc43)ccnc2N)cc1. The monoisotopic (exact) mass is 340 g/mol. The fourth-order valence-electron chi connectivity index (χ4n) is 2.75. The molecule has 0 aliphatic carbocycles. The normalized spacial score (nSPS) is 10.5. The van der Waals surface area contributed by atoms with Crippen molar-refractivity contribution in [3.8, 4) is 17.5 Å². The Labute approximate surface area is 150 Å². The minimum absolute atomic E-state index is 0.337. The molecule has 0 bridgehead atoms. The molecule has 4 rings (SSSR count). The maximum absolute atomic E-state index is 6.09. The molecule has 0 aliphatic rings. The van der Waals surface area contributed by atoms with Gasteiger partial charge in [-0.1, -0.05) is 24.0 Å². The molecule has 0 amide bonds. The highest BCUT2D eigenvalue weighted by atomic mass is 15.3. The fourth-order valence-corrected chi connectivity index (χ4v) is 2.75. The Balaban J connectivity index is 1.89. The highest BCUT2D eigenvalue weighted by Crippen LogP contribution is 2.26. The number of benzene rings is 2. The molecule has 2 aromatic heterocycles. The van der Waals surface area contributed by atoms with Gasteiger partial charge in [-0.2, -0.15) is 0 Å². The third-order valence-corrected chi connectivity index (χ3v) is 4.04. The Morgan fingerprint density at radius 3 is 2.38 bits per heavy atom. The summed E-state index contributed by atoms with van der Waals surface area (Å²) < 4.78 is 1.75. The topological polar surface area (TPSA) is 109 Å². The highest BCUT2D eigenvalue weighted by molar-refractivity contribution is 5.90. The third-order valence-electron chi connectivity index (χ3n) is 4.04. The fraction of sp³-hybridized carbons (Fsp3) is 0. The Morgan fingerprint density at radius 1 is 0.808 bits per heavy atom.